The molecule has 0 radical (unpaired) electrons. The maximum Gasteiger partial charge on any atom is 0.325 e. The van der Waals surface area contributed by atoms with Gasteiger partial charge in [-0.1, -0.05) is 36.8 Å². The second-order valence-corrected chi connectivity index (χ2v) is 6.25. The first-order chi connectivity index (χ1) is 11.1. The van der Waals surface area contributed by atoms with Gasteiger partial charge < -0.3 is 9.32 Å². The van der Waals surface area contributed by atoms with Gasteiger partial charge in [-0.15, -0.1) is 0 Å². The highest BCUT2D eigenvalue weighted by atomic mass is 16.4. The third-order valence-electron chi connectivity index (χ3n) is 4.45. The normalized spacial score (nSPS) is 14.3. The molecule has 1 heterocycles. The van der Waals surface area contributed by atoms with E-state index in [9.17, 15) is 4.79 Å². The van der Waals surface area contributed by atoms with Crippen molar-refractivity contribution in [2.24, 2.45) is 5.92 Å². The molecular formula is C18H23N3O2. The summed E-state index contributed by atoms with van der Waals surface area (Å²) in [6.07, 6.45) is 3.68. The Morgan fingerprint density at radius 2 is 2.04 bits per heavy atom. The van der Waals surface area contributed by atoms with Crippen LogP contribution in [0.25, 0.3) is 0 Å². The van der Waals surface area contributed by atoms with Gasteiger partial charge in [-0.05, 0) is 38.2 Å². The van der Waals surface area contributed by atoms with Gasteiger partial charge in [0.15, 0.2) is 0 Å². The number of aryl methyl sites for hydroxylation is 2. The first kappa shape index (κ1) is 15.6. The zero-order valence-electron chi connectivity index (χ0n) is 13.7. The van der Waals surface area contributed by atoms with Crippen LogP contribution >= 0.6 is 0 Å². The fourth-order valence-corrected chi connectivity index (χ4v) is 2.71. The van der Waals surface area contributed by atoms with Gasteiger partial charge in [0.1, 0.15) is 5.76 Å². The lowest BCUT2D eigenvalue weighted by molar-refractivity contribution is 0.174. The van der Waals surface area contributed by atoms with E-state index >= 15 is 0 Å². The van der Waals surface area contributed by atoms with Crippen LogP contribution in [0.5, 0.6) is 0 Å². The first-order valence-corrected chi connectivity index (χ1v) is 8.15. The molecule has 0 unspecified atom stereocenters. The number of urea groups is 1. The van der Waals surface area contributed by atoms with Crippen LogP contribution in [0.3, 0.4) is 0 Å². The first-order valence-electron chi connectivity index (χ1n) is 8.15. The van der Waals surface area contributed by atoms with Gasteiger partial charge in [-0.2, -0.15) is 4.98 Å². The lowest BCUT2D eigenvalue weighted by Crippen LogP contribution is -2.39. The number of amides is 2. The van der Waals surface area contributed by atoms with Gasteiger partial charge in [-0.25, -0.2) is 4.79 Å². The molecule has 1 N–H and O–H groups in total. The minimum Gasteiger partial charge on any atom is -0.428 e. The van der Waals surface area contributed by atoms with Gasteiger partial charge in [0.05, 0.1) is 5.69 Å². The maximum atomic E-state index is 12.6. The van der Waals surface area contributed by atoms with E-state index in [0.717, 1.165) is 23.6 Å². The summed E-state index contributed by atoms with van der Waals surface area (Å²) < 4.78 is 5.46. The van der Waals surface area contributed by atoms with Crippen LogP contribution in [-0.4, -0.2) is 22.5 Å². The van der Waals surface area contributed by atoms with Crippen LogP contribution in [0.4, 0.5) is 10.8 Å². The minimum atomic E-state index is -0.151. The van der Waals surface area contributed by atoms with Crippen LogP contribution in [0.1, 0.15) is 36.3 Å². The molecule has 1 aromatic heterocycles. The third kappa shape index (κ3) is 3.92. The molecule has 5 nitrogen and oxygen atoms in total. The van der Waals surface area contributed by atoms with Gasteiger partial charge in [0, 0.05) is 13.1 Å². The average Bonchev–Trinajstić information content (AvgIpc) is 2.80. The number of nitrogens with one attached hydrogen (secondary N) is 1. The second kappa shape index (κ2) is 6.86. The third-order valence-corrected chi connectivity index (χ3v) is 4.45. The average molecular weight is 313 g/mol. The number of carbonyl (C=O) groups is 1. The highest BCUT2D eigenvalue weighted by Gasteiger charge is 2.24. The molecule has 2 aromatic rings. The van der Waals surface area contributed by atoms with Crippen LogP contribution in [-0.2, 0) is 6.54 Å². The van der Waals surface area contributed by atoms with E-state index in [4.69, 9.17) is 4.42 Å². The number of oxazole rings is 1. The molecule has 23 heavy (non-hydrogen) atoms. The molecule has 1 fully saturated rings. The second-order valence-electron chi connectivity index (χ2n) is 6.25. The Bertz CT molecular complexity index is 643. The highest BCUT2D eigenvalue weighted by molar-refractivity contribution is 5.87. The fraction of sp³-hybridized carbons (Fsp3) is 0.444. The monoisotopic (exact) mass is 313 g/mol. The Labute approximate surface area is 136 Å². The van der Waals surface area contributed by atoms with Crippen molar-refractivity contribution in [1.29, 1.82) is 0 Å². The van der Waals surface area contributed by atoms with Gasteiger partial charge in [-0.3, -0.25) is 5.32 Å². The molecule has 0 spiro atoms. The van der Waals surface area contributed by atoms with Crippen LogP contribution in [0, 0.1) is 19.8 Å². The summed E-state index contributed by atoms with van der Waals surface area (Å²) in [4.78, 5) is 18.7. The van der Waals surface area contributed by atoms with E-state index in [1.165, 1.54) is 19.3 Å². The summed E-state index contributed by atoms with van der Waals surface area (Å²) in [5, 5.41) is 2.79. The van der Waals surface area contributed by atoms with Crippen molar-refractivity contribution < 1.29 is 9.21 Å². The highest BCUT2D eigenvalue weighted by Crippen LogP contribution is 2.28. The number of benzene rings is 1. The summed E-state index contributed by atoms with van der Waals surface area (Å²) in [6.45, 7) is 5.08. The molecule has 0 atom stereocenters. The van der Waals surface area contributed by atoms with Crippen molar-refractivity contribution in [2.45, 2.75) is 39.7 Å². The lowest BCUT2D eigenvalue weighted by Gasteiger charge is -2.32. The number of hydrogen-bond donors (Lipinski definition) is 1. The van der Waals surface area contributed by atoms with E-state index in [1.54, 1.807) is 0 Å². The molecule has 0 saturated heterocycles. The minimum absolute atomic E-state index is 0.151. The topological polar surface area (TPSA) is 58.4 Å². The van der Waals surface area contributed by atoms with Crippen molar-refractivity contribution in [3.63, 3.8) is 0 Å². The van der Waals surface area contributed by atoms with E-state index in [1.807, 2.05) is 49.1 Å². The number of aromatic nitrogens is 1. The molecule has 1 aliphatic carbocycles. The molecule has 1 aliphatic rings. The maximum absolute atomic E-state index is 12.6. The van der Waals surface area contributed by atoms with E-state index in [0.29, 0.717) is 12.5 Å². The van der Waals surface area contributed by atoms with Gasteiger partial charge in [0.2, 0.25) is 0 Å². The SMILES string of the molecule is Cc1nc(NC(=O)N(Cc2ccccc2)CC2CCC2)oc1C. The fourth-order valence-electron chi connectivity index (χ4n) is 2.71. The number of carbonyl (C=O) groups excluding carboxylic acids is 1. The summed E-state index contributed by atoms with van der Waals surface area (Å²) in [6, 6.07) is 10.2. The lowest BCUT2D eigenvalue weighted by atomic mass is 9.85. The zero-order chi connectivity index (χ0) is 16.2. The van der Waals surface area contributed by atoms with Crippen molar-refractivity contribution in [3.8, 4) is 0 Å². The number of hydrogen-bond acceptors (Lipinski definition) is 3. The Kier molecular flexibility index (Phi) is 4.65. The molecule has 5 heteroatoms. The van der Waals surface area contributed by atoms with Crippen molar-refractivity contribution in [1.82, 2.24) is 9.88 Å². The molecule has 0 bridgehead atoms. The molecule has 122 valence electrons. The van der Waals surface area contributed by atoms with Crippen molar-refractivity contribution in [3.05, 3.63) is 47.3 Å². The van der Waals surface area contributed by atoms with Crippen LogP contribution in [0.15, 0.2) is 34.7 Å². The summed E-state index contributed by atoms with van der Waals surface area (Å²) in [5.41, 5.74) is 1.93. The number of nitrogens with zero attached hydrogens (tertiary/aromatic N) is 2. The molecule has 1 saturated carbocycles. The van der Waals surface area contributed by atoms with Crippen molar-refractivity contribution in [2.75, 3.05) is 11.9 Å². The largest absolute Gasteiger partial charge is 0.428 e. The predicted octanol–water partition coefficient (Wildman–Crippen LogP) is 4.13. The molecular weight excluding hydrogens is 290 g/mol. The van der Waals surface area contributed by atoms with E-state index < -0.39 is 0 Å². The Hall–Kier alpha value is -2.30. The molecule has 0 aliphatic heterocycles. The summed E-state index contributed by atoms with van der Waals surface area (Å²) >= 11 is 0. The predicted molar refractivity (Wildman–Crippen MR) is 89.2 cm³/mol. The van der Waals surface area contributed by atoms with Gasteiger partial charge >= 0.3 is 12.0 Å². The number of anilines is 1. The standard InChI is InChI=1S/C18H23N3O2/c1-13-14(2)23-17(19-13)20-18(22)21(12-16-9-6-10-16)11-15-7-4-3-5-8-15/h3-5,7-8,16H,6,9-12H2,1-2H3,(H,19,20,22). The quantitative estimate of drug-likeness (QED) is 0.903. The molecule has 2 amide bonds. The van der Waals surface area contributed by atoms with Crippen LogP contribution in [0.2, 0.25) is 0 Å². The van der Waals surface area contributed by atoms with E-state index in [-0.39, 0.29) is 12.0 Å². The Morgan fingerprint density at radius 1 is 1.30 bits per heavy atom. The zero-order valence-corrected chi connectivity index (χ0v) is 13.7. The summed E-state index contributed by atoms with van der Waals surface area (Å²) in [5.74, 6) is 1.34. The molecule has 1 aromatic carbocycles. The van der Waals surface area contributed by atoms with Crippen LogP contribution < -0.4 is 5.32 Å². The van der Waals surface area contributed by atoms with E-state index in [2.05, 4.69) is 10.3 Å². The summed E-state index contributed by atoms with van der Waals surface area (Å²) in [7, 11) is 0. The smallest absolute Gasteiger partial charge is 0.325 e. The Balaban J connectivity index is 1.69. The number of rotatable bonds is 5. The molecule has 3 rings (SSSR count). The Morgan fingerprint density at radius 3 is 2.61 bits per heavy atom. The van der Waals surface area contributed by atoms with Crippen molar-refractivity contribution >= 4 is 12.0 Å². The van der Waals surface area contributed by atoms with Gasteiger partial charge in [0.25, 0.3) is 0 Å².